The van der Waals surface area contributed by atoms with Crippen molar-refractivity contribution in [3.05, 3.63) is 35.1 Å². The van der Waals surface area contributed by atoms with Crippen molar-refractivity contribution < 1.29 is 47.3 Å². The molecule has 3 aliphatic rings. The molecule has 0 bridgehead atoms. The number of carboxylic acid groups (broad SMARTS) is 1. The molecule has 186 valence electrons. The second-order valence-corrected chi connectivity index (χ2v) is 8.08. The lowest BCUT2D eigenvalue weighted by molar-refractivity contribution is -0.139. The maximum Gasteiger partial charge on any atom is 0.416 e. The zero-order valence-electron chi connectivity index (χ0n) is 18.2. The van der Waals surface area contributed by atoms with Crippen molar-refractivity contribution in [1.82, 2.24) is 15.1 Å². The fourth-order valence-corrected chi connectivity index (χ4v) is 4.26. The van der Waals surface area contributed by atoms with Crippen LogP contribution in [-0.4, -0.2) is 88.9 Å². The number of carboxylic acids is 1. The van der Waals surface area contributed by atoms with Gasteiger partial charge in [0.25, 0.3) is 11.8 Å². The molecule has 0 aromatic carbocycles. The number of fused-ring (bicyclic) bond motifs is 1. The van der Waals surface area contributed by atoms with Gasteiger partial charge in [-0.3, -0.25) is 14.4 Å². The summed E-state index contributed by atoms with van der Waals surface area (Å²) in [7, 11) is 0. The van der Waals surface area contributed by atoms with Crippen molar-refractivity contribution in [3.8, 4) is 0 Å². The van der Waals surface area contributed by atoms with Crippen molar-refractivity contribution in [1.29, 1.82) is 0 Å². The van der Waals surface area contributed by atoms with Gasteiger partial charge in [0.2, 0.25) is 0 Å². The van der Waals surface area contributed by atoms with Crippen LogP contribution in [0.3, 0.4) is 0 Å². The van der Waals surface area contributed by atoms with E-state index >= 15 is 0 Å². The lowest BCUT2D eigenvalue weighted by atomic mass is 9.88. The van der Waals surface area contributed by atoms with Gasteiger partial charge >= 0.3 is 18.2 Å². The number of carbonyl (C=O) groups is 4. The Morgan fingerprint density at radius 3 is 2.53 bits per heavy atom. The monoisotopic (exact) mass is 487 g/mol. The number of carbonyl (C=O) groups excluding carboxylic acids is 3. The molecule has 2 aliphatic heterocycles. The Morgan fingerprint density at radius 1 is 1.26 bits per heavy atom. The summed E-state index contributed by atoms with van der Waals surface area (Å²) in [5.41, 5.74) is -1.45. The standard InChI is InChI=1S/C21H24F3N3O7/c1-2-34-20(33)26-9-13-14(10-26)27(8-11-3-5-12(6-4-11)21(22,23)24)19(32)16(17(13)30)18(31)25-7-15(28)29/h3,5-6,11,13-14,30H,2,4,7-10H2,1H3,(H,25,31)(H,28,29). The molecular weight excluding hydrogens is 463 g/mol. The van der Waals surface area contributed by atoms with Crippen LogP contribution >= 0.6 is 0 Å². The minimum atomic E-state index is -4.50. The number of allylic oxidation sites excluding steroid dienone is 3. The first-order valence-electron chi connectivity index (χ1n) is 10.5. The largest absolute Gasteiger partial charge is 0.511 e. The zero-order chi connectivity index (χ0) is 25.2. The highest BCUT2D eigenvalue weighted by molar-refractivity contribution is 6.19. The highest BCUT2D eigenvalue weighted by Gasteiger charge is 2.50. The summed E-state index contributed by atoms with van der Waals surface area (Å²) < 4.78 is 43.7. The first kappa shape index (κ1) is 25.1. The van der Waals surface area contributed by atoms with Gasteiger partial charge in [-0.05, 0) is 19.3 Å². The van der Waals surface area contributed by atoms with Crippen LogP contribution in [-0.2, 0) is 19.1 Å². The zero-order valence-corrected chi connectivity index (χ0v) is 18.2. The SMILES string of the molecule is CCOC(=O)N1CC2C(O)=C(C(=O)NCC(=O)O)C(=O)N(CC3C=CC(C(F)(F)F)=CC3)C2C1. The quantitative estimate of drug-likeness (QED) is 0.482. The van der Waals surface area contributed by atoms with Gasteiger partial charge in [-0.1, -0.05) is 18.2 Å². The van der Waals surface area contributed by atoms with Crippen LogP contribution in [0.2, 0.25) is 0 Å². The average Bonchev–Trinajstić information content (AvgIpc) is 3.21. The summed E-state index contributed by atoms with van der Waals surface area (Å²) in [6.07, 6.45) is -1.92. The Labute approximate surface area is 192 Å². The van der Waals surface area contributed by atoms with Gasteiger partial charge in [0, 0.05) is 19.6 Å². The lowest BCUT2D eigenvalue weighted by Crippen LogP contribution is -2.54. The summed E-state index contributed by atoms with van der Waals surface area (Å²) in [4.78, 5) is 51.3. The summed E-state index contributed by atoms with van der Waals surface area (Å²) in [5.74, 6) is -5.27. The van der Waals surface area contributed by atoms with E-state index < -0.39 is 71.4 Å². The molecule has 0 radical (unpaired) electrons. The number of aliphatic carboxylic acids is 1. The van der Waals surface area contributed by atoms with Crippen molar-refractivity contribution in [3.63, 3.8) is 0 Å². The van der Waals surface area contributed by atoms with Gasteiger partial charge in [-0.2, -0.15) is 13.2 Å². The molecule has 3 rings (SSSR count). The number of likely N-dealkylation sites (tertiary alicyclic amines) is 1. The molecule has 3 atom stereocenters. The van der Waals surface area contributed by atoms with Gasteiger partial charge in [0.1, 0.15) is 17.9 Å². The van der Waals surface area contributed by atoms with Crippen LogP contribution in [0.5, 0.6) is 0 Å². The van der Waals surface area contributed by atoms with Gasteiger partial charge in [0.05, 0.1) is 24.1 Å². The van der Waals surface area contributed by atoms with E-state index in [1.165, 1.54) is 15.9 Å². The maximum atomic E-state index is 13.2. The molecule has 0 spiro atoms. The molecular formula is C21H24F3N3O7. The van der Waals surface area contributed by atoms with Crippen molar-refractivity contribution in [2.45, 2.75) is 25.6 Å². The van der Waals surface area contributed by atoms with E-state index in [4.69, 9.17) is 9.84 Å². The third-order valence-electron chi connectivity index (χ3n) is 5.87. The molecule has 13 heteroatoms. The van der Waals surface area contributed by atoms with E-state index in [2.05, 4.69) is 0 Å². The Morgan fingerprint density at radius 2 is 1.97 bits per heavy atom. The number of aliphatic hydroxyl groups excluding tert-OH is 1. The van der Waals surface area contributed by atoms with Crippen LogP contribution in [0.4, 0.5) is 18.0 Å². The van der Waals surface area contributed by atoms with Crippen molar-refractivity contribution in [2.75, 3.05) is 32.8 Å². The fraction of sp³-hybridized carbons (Fsp3) is 0.524. The smallest absolute Gasteiger partial charge is 0.416 e. The number of alkyl halides is 3. The minimum absolute atomic E-state index is 0.00958. The second-order valence-electron chi connectivity index (χ2n) is 8.08. The highest BCUT2D eigenvalue weighted by Crippen LogP contribution is 2.37. The first-order valence-corrected chi connectivity index (χ1v) is 10.5. The summed E-state index contributed by atoms with van der Waals surface area (Å²) in [6, 6.07) is -0.741. The molecule has 1 aliphatic carbocycles. The molecule has 3 N–H and O–H groups in total. The number of ether oxygens (including phenoxy) is 1. The van der Waals surface area contributed by atoms with Gasteiger partial charge < -0.3 is 30.1 Å². The predicted octanol–water partition coefficient (Wildman–Crippen LogP) is 1.36. The minimum Gasteiger partial charge on any atom is -0.511 e. The third kappa shape index (κ3) is 5.18. The molecule has 10 nitrogen and oxygen atoms in total. The Kier molecular flexibility index (Phi) is 7.22. The van der Waals surface area contributed by atoms with Crippen LogP contribution in [0, 0.1) is 11.8 Å². The summed E-state index contributed by atoms with van der Waals surface area (Å²) in [6.45, 7) is 0.771. The number of nitrogens with zero attached hydrogens (tertiary/aromatic N) is 2. The second kappa shape index (κ2) is 9.77. The molecule has 3 unspecified atom stereocenters. The van der Waals surface area contributed by atoms with Crippen LogP contribution in [0.1, 0.15) is 13.3 Å². The molecule has 2 heterocycles. The molecule has 1 saturated heterocycles. The van der Waals surface area contributed by atoms with Crippen molar-refractivity contribution in [2.24, 2.45) is 11.8 Å². The van der Waals surface area contributed by atoms with Crippen LogP contribution < -0.4 is 5.32 Å². The Bertz CT molecular complexity index is 973. The molecule has 1 fully saturated rings. The average molecular weight is 487 g/mol. The van der Waals surface area contributed by atoms with Crippen LogP contribution in [0.15, 0.2) is 35.1 Å². The van der Waals surface area contributed by atoms with E-state index in [0.717, 1.165) is 12.2 Å². The van der Waals surface area contributed by atoms with Gasteiger partial charge in [0.15, 0.2) is 0 Å². The lowest BCUT2D eigenvalue weighted by Gasteiger charge is -2.38. The number of rotatable bonds is 6. The molecule has 3 amide bonds. The highest BCUT2D eigenvalue weighted by atomic mass is 19.4. The fourth-order valence-electron chi connectivity index (χ4n) is 4.26. The van der Waals surface area contributed by atoms with Crippen molar-refractivity contribution >= 4 is 23.9 Å². The number of hydrogen-bond acceptors (Lipinski definition) is 6. The molecule has 34 heavy (non-hydrogen) atoms. The molecule has 0 aromatic heterocycles. The van der Waals surface area contributed by atoms with E-state index in [-0.39, 0.29) is 32.7 Å². The first-order chi connectivity index (χ1) is 15.9. The topological polar surface area (TPSA) is 136 Å². The Hall–Kier alpha value is -3.51. The number of amides is 3. The number of aliphatic hydroxyl groups is 1. The van der Waals surface area contributed by atoms with E-state index in [1.54, 1.807) is 6.92 Å². The normalized spacial score (nSPS) is 24.6. The number of halogens is 3. The van der Waals surface area contributed by atoms with Gasteiger partial charge in [-0.15, -0.1) is 0 Å². The molecule has 0 aromatic rings. The van der Waals surface area contributed by atoms with Gasteiger partial charge in [-0.25, -0.2) is 4.79 Å². The third-order valence-corrected chi connectivity index (χ3v) is 5.87. The molecule has 0 saturated carbocycles. The number of hydrogen-bond donors (Lipinski definition) is 3. The summed E-state index contributed by atoms with van der Waals surface area (Å²) >= 11 is 0. The van der Waals surface area contributed by atoms with E-state index in [0.29, 0.717) is 0 Å². The van der Waals surface area contributed by atoms with E-state index in [1.807, 2.05) is 5.32 Å². The summed E-state index contributed by atoms with van der Waals surface area (Å²) in [5, 5.41) is 21.6. The predicted molar refractivity (Wildman–Crippen MR) is 109 cm³/mol. The van der Waals surface area contributed by atoms with E-state index in [9.17, 15) is 37.5 Å². The number of nitrogens with one attached hydrogen (secondary N) is 1. The maximum absolute atomic E-state index is 13.2. The van der Waals surface area contributed by atoms with Crippen LogP contribution in [0.25, 0.3) is 0 Å². The Balaban J connectivity index is 1.87.